The summed E-state index contributed by atoms with van der Waals surface area (Å²) in [6.45, 7) is 10.4. The molecule has 0 radical (unpaired) electrons. The van der Waals surface area contributed by atoms with Crippen molar-refractivity contribution < 1.29 is 13.7 Å². The van der Waals surface area contributed by atoms with E-state index in [1.54, 1.807) is 6.07 Å². The van der Waals surface area contributed by atoms with Crippen LogP contribution in [-0.4, -0.2) is 35.1 Å². The molecule has 4 atom stereocenters. The molecule has 5 nitrogen and oxygen atoms in total. The summed E-state index contributed by atoms with van der Waals surface area (Å²) in [5.41, 5.74) is 5.39. The third kappa shape index (κ3) is 8.17. The van der Waals surface area contributed by atoms with Crippen molar-refractivity contribution in [2.24, 2.45) is 11.8 Å². The van der Waals surface area contributed by atoms with Crippen molar-refractivity contribution in [2.75, 3.05) is 24.6 Å². The van der Waals surface area contributed by atoms with E-state index in [0.29, 0.717) is 24.0 Å². The highest BCUT2D eigenvalue weighted by Gasteiger charge is 2.43. The van der Waals surface area contributed by atoms with Crippen LogP contribution in [0.2, 0.25) is 5.02 Å². The molecule has 1 amide bonds. The molecule has 3 aromatic rings. The number of carbonyl (C=O) groups is 1. The Labute approximate surface area is 284 Å². The fourth-order valence-corrected chi connectivity index (χ4v) is 7.79. The Morgan fingerprint density at radius 3 is 2.50 bits per heavy atom. The lowest BCUT2D eigenvalue weighted by Gasteiger charge is -2.44. The van der Waals surface area contributed by atoms with Crippen molar-refractivity contribution in [3.8, 4) is 5.75 Å². The van der Waals surface area contributed by atoms with Gasteiger partial charge in [0.15, 0.2) is 0 Å². The highest BCUT2D eigenvalue weighted by atomic mass is 35.5. The molecule has 1 fully saturated rings. The number of carbonyl (C=O) groups excluding carboxylic acids is 1. The van der Waals surface area contributed by atoms with Crippen molar-refractivity contribution >= 4 is 34.2 Å². The first-order valence-electron chi connectivity index (χ1n) is 17.3. The quantitative estimate of drug-likeness (QED) is 0.248. The van der Waals surface area contributed by atoms with Gasteiger partial charge < -0.3 is 9.64 Å². The molecule has 4 unspecified atom stereocenters. The van der Waals surface area contributed by atoms with E-state index in [0.717, 1.165) is 55.2 Å². The maximum atomic E-state index is 13.1. The van der Waals surface area contributed by atoms with E-state index in [4.69, 9.17) is 16.3 Å². The zero-order chi connectivity index (χ0) is 32.7. The van der Waals surface area contributed by atoms with Crippen molar-refractivity contribution in [3.63, 3.8) is 0 Å². The molecular weight excluding hydrogens is 612 g/mol. The van der Waals surface area contributed by atoms with E-state index in [1.807, 2.05) is 32.0 Å². The molecule has 1 saturated carbocycles. The van der Waals surface area contributed by atoms with Gasteiger partial charge in [-0.1, -0.05) is 74.7 Å². The van der Waals surface area contributed by atoms with Crippen molar-refractivity contribution in [1.82, 2.24) is 4.72 Å². The third-order valence-electron chi connectivity index (χ3n) is 10.1. The SMILES string of the molecule is CC(C)S(=O)NC(=O)c1ccc2c(c1)N(CC1CCC1CCc1ccccc1)CC1(CCCc3cc(Cl)ccc31)CO2.CCCC. The standard InChI is InChI=1S/C35H41ClN2O3S.C4H10/c1-24(2)42(40)37-34(39)28-14-17-33-32(20-28)38(21-29-13-12-26(29)11-10-25-7-4-3-5-8-25)22-35(23-41-33)18-6-9-27-19-30(36)15-16-31(27)35;1-3-4-2/h3-5,7-8,14-17,19-20,24,26,29H,6,9-13,18,21-23H2,1-2H3,(H,37,39);3-4H2,1-2H3. The number of anilines is 1. The minimum atomic E-state index is -1.43. The Bertz CT molecular complexity index is 1490. The molecule has 46 heavy (non-hydrogen) atoms. The summed E-state index contributed by atoms with van der Waals surface area (Å²) in [7, 11) is -1.43. The molecule has 3 aliphatic rings. The molecule has 3 aromatic carbocycles. The zero-order valence-electron chi connectivity index (χ0n) is 28.0. The molecular formula is C39H51ClN2O3S. The molecule has 2 aliphatic carbocycles. The Morgan fingerprint density at radius 1 is 1.04 bits per heavy atom. The lowest BCUT2D eigenvalue weighted by Crippen LogP contribution is -2.48. The summed E-state index contributed by atoms with van der Waals surface area (Å²) in [5, 5.41) is 0.631. The van der Waals surface area contributed by atoms with Gasteiger partial charge in [0.2, 0.25) is 0 Å². The van der Waals surface area contributed by atoms with Crippen LogP contribution in [-0.2, 0) is 29.2 Å². The molecule has 0 aromatic heterocycles. The molecule has 6 rings (SSSR count). The van der Waals surface area contributed by atoms with Gasteiger partial charge in [0, 0.05) is 34.3 Å². The van der Waals surface area contributed by atoms with E-state index < -0.39 is 11.0 Å². The number of ether oxygens (including phenoxy) is 1. The molecule has 1 N–H and O–H groups in total. The number of hydrogen-bond acceptors (Lipinski definition) is 4. The number of rotatable bonds is 9. The summed E-state index contributed by atoms with van der Waals surface area (Å²) < 4.78 is 21.7. The fourth-order valence-electron chi connectivity index (χ4n) is 7.06. The van der Waals surface area contributed by atoms with Crippen LogP contribution in [0.4, 0.5) is 5.69 Å². The summed E-state index contributed by atoms with van der Waals surface area (Å²) in [6, 6.07) is 22.8. The number of halogens is 1. The van der Waals surface area contributed by atoms with Crippen LogP contribution in [0.25, 0.3) is 0 Å². The van der Waals surface area contributed by atoms with Crippen LogP contribution in [0.3, 0.4) is 0 Å². The number of nitrogens with zero attached hydrogens (tertiary/aromatic N) is 1. The van der Waals surface area contributed by atoms with Crippen molar-refractivity contribution in [1.29, 1.82) is 0 Å². The Morgan fingerprint density at radius 2 is 1.80 bits per heavy atom. The first-order chi connectivity index (χ1) is 22.2. The van der Waals surface area contributed by atoms with E-state index in [-0.39, 0.29) is 16.6 Å². The molecule has 1 heterocycles. The van der Waals surface area contributed by atoms with Gasteiger partial charge >= 0.3 is 0 Å². The summed E-state index contributed by atoms with van der Waals surface area (Å²) >= 11 is 6.42. The Hall–Kier alpha value is -2.83. The van der Waals surface area contributed by atoms with Gasteiger partial charge in [-0.25, -0.2) is 4.21 Å². The Balaban J connectivity index is 0.000000985. The van der Waals surface area contributed by atoms with Crippen LogP contribution in [0.15, 0.2) is 66.7 Å². The van der Waals surface area contributed by atoms with Gasteiger partial charge in [0.1, 0.15) is 16.7 Å². The number of benzene rings is 3. The second kappa shape index (κ2) is 15.8. The summed E-state index contributed by atoms with van der Waals surface area (Å²) in [4.78, 5) is 15.6. The van der Waals surface area contributed by atoms with E-state index in [1.165, 1.54) is 48.8 Å². The van der Waals surface area contributed by atoms with Crippen LogP contribution >= 0.6 is 11.6 Å². The lowest BCUT2D eigenvalue weighted by atomic mass is 9.68. The maximum Gasteiger partial charge on any atom is 0.263 e. The number of amides is 1. The van der Waals surface area contributed by atoms with Crippen LogP contribution in [0.1, 0.15) is 99.7 Å². The molecule has 0 bridgehead atoms. The minimum Gasteiger partial charge on any atom is -0.490 e. The van der Waals surface area contributed by atoms with Crippen molar-refractivity contribution in [2.45, 2.75) is 96.1 Å². The van der Waals surface area contributed by atoms with E-state index >= 15 is 0 Å². The normalized spacial score (nSPS) is 22.3. The monoisotopic (exact) mass is 662 g/mol. The van der Waals surface area contributed by atoms with Crippen LogP contribution < -0.4 is 14.4 Å². The largest absolute Gasteiger partial charge is 0.490 e. The highest BCUT2D eigenvalue weighted by molar-refractivity contribution is 7.84. The third-order valence-corrected chi connectivity index (χ3v) is 11.6. The molecule has 248 valence electrons. The molecule has 0 saturated heterocycles. The van der Waals surface area contributed by atoms with Gasteiger partial charge in [0.25, 0.3) is 5.91 Å². The number of hydrogen-bond donors (Lipinski definition) is 1. The van der Waals surface area contributed by atoms with Gasteiger partial charge in [-0.05, 0) is 118 Å². The van der Waals surface area contributed by atoms with Gasteiger partial charge in [0.05, 0.1) is 12.3 Å². The predicted octanol–water partition coefficient (Wildman–Crippen LogP) is 9.08. The average Bonchev–Trinajstić information content (AvgIpc) is 3.20. The topological polar surface area (TPSA) is 58.6 Å². The molecule has 7 heteroatoms. The highest BCUT2D eigenvalue weighted by Crippen LogP contribution is 2.46. The predicted molar refractivity (Wildman–Crippen MR) is 193 cm³/mol. The maximum absolute atomic E-state index is 13.1. The first-order valence-corrected chi connectivity index (χ1v) is 18.9. The number of aryl methyl sites for hydroxylation is 2. The van der Waals surface area contributed by atoms with Crippen molar-refractivity contribution in [3.05, 3.63) is 94.0 Å². The van der Waals surface area contributed by atoms with E-state index in [9.17, 15) is 9.00 Å². The first kappa shape index (κ1) is 34.5. The Kier molecular flexibility index (Phi) is 11.9. The van der Waals surface area contributed by atoms with Gasteiger partial charge in [-0.3, -0.25) is 9.52 Å². The molecule has 1 aliphatic heterocycles. The van der Waals surface area contributed by atoms with Gasteiger partial charge in [-0.15, -0.1) is 0 Å². The average molecular weight is 663 g/mol. The van der Waals surface area contributed by atoms with Crippen LogP contribution in [0, 0.1) is 11.8 Å². The zero-order valence-corrected chi connectivity index (χ0v) is 29.6. The minimum absolute atomic E-state index is 0.151. The number of fused-ring (bicyclic) bond motifs is 3. The fraction of sp³-hybridized carbons (Fsp3) is 0.513. The number of unbranched alkanes of at least 4 members (excludes halogenated alkanes) is 1. The smallest absolute Gasteiger partial charge is 0.263 e. The lowest BCUT2D eigenvalue weighted by molar-refractivity contribution is 0.0982. The van der Waals surface area contributed by atoms with E-state index in [2.05, 4.69) is 65.9 Å². The van der Waals surface area contributed by atoms with Gasteiger partial charge in [-0.2, -0.15) is 0 Å². The van der Waals surface area contributed by atoms with Crippen LogP contribution in [0.5, 0.6) is 5.75 Å². The summed E-state index contributed by atoms with van der Waals surface area (Å²) in [5.74, 6) is 1.78. The second-order valence-corrected chi connectivity index (χ2v) is 15.9. The summed E-state index contributed by atoms with van der Waals surface area (Å²) in [6.07, 6.45) is 10.6. The molecule has 1 spiro atoms. The second-order valence-electron chi connectivity index (χ2n) is 13.7. The number of nitrogens with one attached hydrogen (secondary N) is 1.